The number of ether oxygens (including phenoxy) is 1. The Morgan fingerprint density at radius 2 is 2.00 bits per heavy atom. The van der Waals surface area contributed by atoms with Gasteiger partial charge in [0.2, 0.25) is 0 Å². The summed E-state index contributed by atoms with van der Waals surface area (Å²) in [6.45, 7) is 0. The molecule has 0 aromatic heterocycles. The first-order valence-electron chi connectivity index (χ1n) is 4.13. The molecule has 1 aliphatic rings. The van der Waals surface area contributed by atoms with Crippen molar-refractivity contribution in [3.8, 4) is 6.07 Å². The van der Waals surface area contributed by atoms with Crippen molar-refractivity contribution in [2.24, 2.45) is 4.99 Å². The Bertz CT molecular complexity index is 558. The lowest BCUT2D eigenvalue weighted by molar-refractivity contribution is 0.483. The Hall–Kier alpha value is -1.21. The minimum absolute atomic E-state index is 0.102. The first-order valence-corrected chi connectivity index (χ1v) is 5.26. The number of aliphatic imine (C=N–C) groups is 1. The van der Waals surface area contributed by atoms with Gasteiger partial charge in [-0.15, -0.1) is 0 Å². The standard InChI is InChI=1S/C10H3Cl3N2O/c11-5-1-2-7-9(10(5)13)6(12)4-16-8(3-14)15-7/h1-2,4H. The third-order valence-corrected chi connectivity index (χ3v) is 2.99. The number of nitriles is 1. The monoisotopic (exact) mass is 272 g/mol. The maximum Gasteiger partial charge on any atom is 0.300 e. The summed E-state index contributed by atoms with van der Waals surface area (Å²) < 4.78 is 4.93. The van der Waals surface area contributed by atoms with Gasteiger partial charge in [0.1, 0.15) is 6.26 Å². The van der Waals surface area contributed by atoms with Crippen molar-refractivity contribution in [1.29, 1.82) is 5.26 Å². The second-order valence-electron chi connectivity index (χ2n) is 2.87. The van der Waals surface area contributed by atoms with Crippen molar-refractivity contribution >= 4 is 51.4 Å². The zero-order valence-electron chi connectivity index (χ0n) is 7.67. The molecule has 0 spiro atoms. The van der Waals surface area contributed by atoms with Crippen LogP contribution in [-0.2, 0) is 4.74 Å². The molecule has 0 fully saturated rings. The number of benzene rings is 1. The largest absolute Gasteiger partial charge is 0.437 e. The van der Waals surface area contributed by atoms with Crippen molar-refractivity contribution in [3.05, 3.63) is 34.0 Å². The number of rotatable bonds is 0. The number of nitrogens with zero attached hydrogens (tertiary/aromatic N) is 2. The molecule has 0 N–H and O–H groups in total. The molecule has 0 amide bonds. The fraction of sp³-hybridized carbons (Fsp3) is 0. The summed E-state index contributed by atoms with van der Waals surface area (Å²) in [6, 6.07) is 4.98. The van der Waals surface area contributed by atoms with Gasteiger partial charge >= 0.3 is 5.90 Å². The van der Waals surface area contributed by atoms with Gasteiger partial charge in [0.25, 0.3) is 0 Å². The fourth-order valence-electron chi connectivity index (χ4n) is 1.21. The zero-order valence-corrected chi connectivity index (χ0v) is 9.94. The van der Waals surface area contributed by atoms with Crippen LogP contribution in [0.2, 0.25) is 10.0 Å². The molecule has 1 aromatic carbocycles. The highest BCUT2D eigenvalue weighted by Gasteiger charge is 2.17. The average molecular weight is 274 g/mol. The Morgan fingerprint density at radius 3 is 2.69 bits per heavy atom. The molecule has 0 unspecified atom stereocenters. The van der Waals surface area contributed by atoms with E-state index in [1.807, 2.05) is 0 Å². The SMILES string of the molecule is N#CC1=Nc2ccc(Cl)c(Cl)c2C(Cl)=CO1. The molecule has 16 heavy (non-hydrogen) atoms. The third kappa shape index (κ3) is 1.88. The maximum absolute atomic E-state index is 8.71. The van der Waals surface area contributed by atoms with E-state index in [9.17, 15) is 0 Å². The van der Waals surface area contributed by atoms with E-state index >= 15 is 0 Å². The molecular weight excluding hydrogens is 270 g/mol. The van der Waals surface area contributed by atoms with Crippen molar-refractivity contribution in [2.45, 2.75) is 0 Å². The molecule has 0 saturated carbocycles. The van der Waals surface area contributed by atoms with Crippen molar-refractivity contribution in [1.82, 2.24) is 0 Å². The number of hydrogen-bond acceptors (Lipinski definition) is 3. The van der Waals surface area contributed by atoms with Gasteiger partial charge in [-0.2, -0.15) is 5.26 Å². The predicted molar refractivity (Wildman–Crippen MR) is 64.1 cm³/mol. The lowest BCUT2D eigenvalue weighted by atomic mass is 10.1. The van der Waals surface area contributed by atoms with Crippen LogP contribution in [0.5, 0.6) is 0 Å². The van der Waals surface area contributed by atoms with Crippen LogP contribution in [-0.4, -0.2) is 5.90 Å². The van der Waals surface area contributed by atoms with E-state index in [0.717, 1.165) is 0 Å². The van der Waals surface area contributed by atoms with E-state index < -0.39 is 0 Å². The normalized spacial score (nSPS) is 13.9. The minimum atomic E-state index is -0.102. The highest BCUT2D eigenvalue weighted by atomic mass is 35.5. The highest BCUT2D eigenvalue weighted by Crippen LogP contribution is 2.40. The molecule has 80 valence electrons. The molecule has 0 saturated heterocycles. The molecule has 6 heteroatoms. The van der Waals surface area contributed by atoms with Gasteiger partial charge in [-0.1, -0.05) is 34.8 Å². The smallest absolute Gasteiger partial charge is 0.300 e. The number of halogens is 3. The van der Waals surface area contributed by atoms with E-state index in [1.54, 1.807) is 18.2 Å². The van der Waals surface area contributed by atoms with Crippen LogP contribution in [0.3, 0.4) is 0 Å². The van der Waals surface area contributed by atoms with Crippen LogP contribution in [0.1, 0.15) is 5.56 Å². The Morgan fingerprint density at radius 1 is 1.25 bits per heavy atom. The highest BCUT2D eigenvalue weighted by molar-refractivity contribution is 6.52. The lowest BCUT2D eigenvalue weighted by Crippen LogP contribution is -1.93. The van der Waals surface area contributed by atoms with Crippen LogP contribution >= 0.6 is 34.8 Å². The lowest BCUT2D eigenvalue weighted by Gasteiger charge is -2.05. The Kier molecular flexibility index (Phi) is 3.06. The maximum atomic E-state index is 8.71. The summed E-state index contributed by atoms with van der Waals surface area (Å²) in [4.78, 5) is 3.96. The van der Waals surface area contributed by atoms with Crippen LogP contribution in [0, 0.1) is 11.3 Å². The van der Waals surface area contributed by atoms with Gasteiger partial charge in [-0.05, 0) is 12.1 Å². The number of hydrogen-bond donors (Lipinski definition) is 0. The predicted octanol–water partition coefficient (Wildman–Crippen LogP) is 4.11. The second-order valence-corrected chi connectivity index (χ2v) is 4.06. The molecule has 1 aromatic rings. The van der Waals surface area contributed by atoms with Crippen LogP contribution in [0.25, 0.3) is 5.03 Å². The Labute approximate surface area is 107 Å². The van der Waals surface area contributed by atoms with Gasteiger partial charge in [0, 0.05) is 5.56 Å². The fourth-order valence-corrected chi connectivity index (χ4v) is 1.92. The van der Waals surface area contributed by atoms with Crippen LogP contribution in [0.15, 0.2) is 23.4 Å². The topological polar surface area (TPSA) is 45.4 Å². The summed E-state index contributed by atoms with van der Waals surface area (Å²) in [5.41, 5.74) is 0.908. The van der Waals surface area contributed by atoms with Crippen molar-refractivity contribution in [3.63, 3.8) is 0 Å². The van der Waals surface area contributed by atoms with E-state index in [-0.39, 0.29) is 16.0 Å². The molecule has 1 heterocycles. The molecule has 0 atom stereocenters. The average Bonchev–Trinajstić information content (AvgIpc) is 2.44. The van der Waals surface area contributed by atoms with Crippen molar-refractivity contribution in [2.75, 3.05) is 0 Å². The summed E-state index contributed by atoms with van der Waals surface area (Å²) in [5, 5.41) is 9.61. The molecule has 0 aliphatic carbocycles. The van der Waals surface area contributed by atoms with Gasteiger partial charge in [0.15, 0.2) is 6.07 Å². The summed E-state index contributed by atoms with van der Waals surface area (Å²) in [7, 11) is 0. The van der Waals surface area contributed by atoms with Gasteiger partial charge in [-0.3, -0.25) is 0 Å². The summed E-state index contributed by atoms with van der Waals surface area (Å²) in [5.74, 6) is -0.102. The van der Waals surface area contributed by atoms with E-state index in [4.69, 9.17) is 44.8 Å². The molecule has 2 rings (SSSR count). The summed E-state index contributed by atoms with van der Waals surface area (Å²) >= 11 is 17.8. The van der Waals surface area contributed by atoms with E-state index in [2.05, 4.69) is 4.99 Å². The molecule has 3 nitrogen and oxygen atoms in total. The minimum Gasteiger partial charge on any atom is -0.437 e. The molecule has 1 aliphatic heterocycles. The van der Waals surface area contributed by atoms with E-state index in [0.29, 0.717) is 16.3 Å². The molecule has 0 bridgehead atoms. The third-order valence-electron chi connectivity index (χ3n) is 1.90. The van der Waals surface area contributed by atoms with Crippen molar-refractivity contribution < 1.29 is 4.74 Å². The molecule has 0 radical (unpaired) electrons. The summed E-state index contributed by atoms with van der Waals surface area (Å²) in [6.07, 6.45) is 1.21. The van der Waals surface area contributed by atoms with Gasteiger partial charge in [-0.25, -0.2) is 4.99 Å². The van der Waals surface area contributed by atoms with Crippen LogP contribution < -0.4 is 0 Å². The quantitative estimate of drug-likeness (QED) is 0.714. The second kappa shape index (κ2) is 4.34. The number of fused-ring (bicyclic) bond motifs is 1. The van der Waals surface area contributed by atoms with Gasteiger partial charge in [0.05, 0.1) is 20.8 Å². The van der Waals surface area contributed by atoms with E-state index in [1.165, 1.54) is 6.26 Å². The zero-order chi connectivity index (χ0) is 11.7. The van der Waals surface area contributed by atoms with Crippen LogP contribution in [0.4, 0.5) is 5.69 Å². The Balaban J connectivity index is 2.74. The van der Waals surface area contributed by atoms with Gasteiger partial charge < -0.3 is 4.74 Å². The first kappa shape index (κ1) is 11.3. The first-order chi connectivity index (χ1) is 7.63. The molecular formula is C10H3Cl3N2O.